The van der Waals surface area contributed by atoms with Crippen molar-refractivity contribution in [3.05, 3.63) is 12.3 Å². The second kappa shape index (κ2) is 7.72. The van der Waals surface area contributed by atoms with Crippen molar-refractivity contribution in [1.82, 2.24) is 10.6 Å². The molecular weight excluding hydrogens is 196 g/mol. The standard InChI is InChI=1S/C14H28N2/c1-12(2)16-11-14(15-3)10-13-8-6-4-5-7-9-13/h13-16H,1,4-11H2,2-3H3. The Balaban J connectivity index is 2.27. The van der Waals surface area contributed by atoms with Crippen molar-refractivity contribution in [3.8, 4) is 0 Å². The maximum atomic E-state index is 3.88. The van der Waals surface area contributed by atoms with Crippen molar-refractivity contribution in [1.29, 1.82) is 0 Å². The van der Waals surface area contributed by atoms with Gasteiger partial charge in [-0.3, -0.25) is 0 Å². The van der Waals surface area contributed by atoms with Gasteiger partial charge in [0.05, 0.1) is 0 Å². The summed E-state index contributed by atoms with van der Waals surface area (Å²) in [5.74, 6) is 0.937. The normalized spacial score (nSPS) is 20.1. The number of likely N-dealkylation sites (N-methyl/N-ethyl adjacent to an activating group) is 1. The van der Waals surface area contributed by atoms with E-state index in [2.05, 4.69) is 24.3 Å². The van der Waals surface area contributed by atoms with Crippen molar-refractivity contribution in [2.24, 2.45) is 5.92 Å². The Bertz CT molecular complexity index is 193. The molecule has 0 aromatic carbocycles. The van der Waals surface area contributed by atoms with Crippen molar-refractivity contribution in [3.63, 3.8) is 0 Å². The third-order valence-corrected chi connectivity index (χ3v) is 3.65. The van der Waals surface area contributed by atoms with E-state index in [1.54, 1.807) is 0 Å². The molecule has 1 fully saturated rings. The molecule has 94 valence electrons. The topological polar surface area (TPSA) is 24.1 Å². The van der Waals surface area contributed by atoms with Crippen molar-refractivity contribution < 1.29 is 0 Å². The summed E-state index contributed by atoms with van der Waals surface area (Å²) in [5.41, 5.74) is 1.07. The van der Waals surface area contributed by atoms with Crippen LogP contribution in [0.15, 0.2) is 12.3 Å². The van der Waals surface area contributed by atoms with Crippen LogP contribution in [0.4, 0.5) is 0 Å². The molecule has 1 aliphatic carbocycles. The lowest BCUT2D eigenvalue weighted by molar-refractivity contribution is 0.358. The van der Waals surface area contributed by atoms with Crippen molar-refractivity contribution in [2.45, 2.75) is 57.9 Å². The van der Waals surface area contributed by atoms with Crippen LogP contribution in [0.1, 0.15) is 51.9 Å². The predicted molar refractivity (Wildman–Crippen MR) is 71.5 cm³/mol. The number of rotatable bonds is 6. The van der Waals surface area contributed by atoms with E-state index < -0.39 is 0 Å². The minimum absolute atomic E-state index is 0.597. The second-order valence-electron chi connectivity index (χ2n) is 5.24. The molecule has 1 saturated carbocycles. The maximum absolute atomic E-state index is 3.88. The molecule has 2 nitrogen and oxygen atoms in total. The molecule has 2 N–H and O–H groups in total. The van der Waals surface area contributed by atoms with Crippen LogP contribution >= 0.6 is 0 Å². The van der Waals surface area contributed by atoms with Crippen LogP contribution in [0, 0.1) is 5.92 Å². The van der Waals surface area contributed by atoms with Crippen LogP contribution in [-0.4, -0.2) is 19.6 Å². The fraction of sp³-hybridized carbons (Fsp3) is 0.857. The number of hydrogen-bond donors (Lipinski definition) is 2. The van der Waals surface area contributed by atoms with E-state index in [1.165, 1.54) is 44.9 Å². The summed E-state index contributed by atoms with van der Waals surface area (Å²) < 4.78 is 0. The van der Waals surface area contributed by atoms with Gasteiger partial charge in [0.15, 0.2) is 0 Å². The first-order valence-corrected chi connectivity index (χ1v) is 6.79. The smallest absolute Gasteiger partial charge is 0.0297 e. The Morgan fingerprint density at radius 1 is 1.25 bits per heavy atom. The lowest BCUT2D eigenvalue weighted by Crippen LogP contribution is -2.37. The van der Waals surface area contributed by atoms with Gasteiger partial charge >= 0.3 is 0 Å². The summed E-state index contributed by atoms with van der Waals surface area (Å²) in [6, 6.07) is 0.597. The minimum Gasteiger partial charge on any atom is -0.387 e. The molecule has 1 aliphatic rings. The Morgan fingerprint density at radius 3 is 2.38 bits per heavy atom. The molecule has 2 heteroatoms. The van der Waals surface area contributed by atoms with Crippen LogP contribution in [0.2, 0.25) is 0 Å². The van der Waals surface area contributed by atoms with Crippen molar-refractivity contribution in [2.75, 3.05) is 13.6 Å². The fourth-order valence-corrected chi connectivity index (χ4v) is 2.60. The maximum Gasteiger partial charge on any atom is 0.0297 e. The zero-order valence-electron chi connectivity index (χ0n) is 11.0. The highest BCUT2D eigenvalue weighted by Gasteiger charge is 2.16. The highest BCUT2D eigenvalue weighted by Crippen LogP contribution is 2.26. The fourth-order valence-electron chi connectivity index (χ4n) is 2.60. The summed E-state index contributed by atoms with van der Waals surface area (Å²) in [7, 11) is 2.07. The van der Waals surface area contributed by atoms with E-state index in [0.717, 1.165) is 18.2 Å². The molecule has 16 heavy (non-hydrogen) atoms. The van der Waals surface area contributed by atoms with Gasteiger partial charge in [0.2, 0.25) is 0 Å². The molecule has 0 radical (unpaired) electrons. The molecule has 0 bridgehead atoms. The van der Waals surface area contributed by atoms with E-state index in [0.29, 0.717) is 6.04 Å². The minimum atomic E-state index is 0.597. The highest BCUT2D eigenvalue weighted by molar-refractivity contribution is 4.87. The SMILES string of the molecule is C=C(C)NCC(CC1CCCCCC1)NC. The van der Waals surface area contributed by atoms with Gasteiger partial charge in [-0.2, -0.15) is 0 Å². The highest BCUT2D eigenvalue weighted by atomic mass is 15.0. The Labute approximate surface area is 101 Å². The lowest BCUT2D eigenvalue weighted by Gasteiger charge is -2.23. The Kier molecular flexibility index (Phi) is 6.55. The summed E-state index contributed by atoms with van der Waals surface area (Å²) in [5, 5.41) is 6.77. The first-order chi connectivity index (χ1) is 7.72. The first-order valence-electron chi connectivity index (χ1n) is 6.79. The van der Waals surface area contributed by atoms with E-state index in [9.17, 15) is 0 Å². The number of nitrogens with one attached hydrogen (secondary N) is 2. The quantitative estimate of drug-likeness (QED) is 0.678. The predicted octanol–water partition coefficient (Wildman–Crippen LogP) is 3.06. The molecule has 0 aromatic heterocycles. The molecular formula is C14H28N2. The van der Waals surface area contributed by atoms with Gasteiger partial charge in [0.1, 0.15) is 0 Å². The van der Waals surface area contributed by atoms with Gasteiger partial charge in [-0.05, 0) is 26.3 Å². The van der Waals surface area contributed by atoms with Crippen LogP contribution < -0.4 is 10.6 Å². The molecule has 0 aliphatic heterocycles. The molecule has 0 aromatic rings. The average molecular weight is 224 g/mol. The van der Waals surface area contributed by atoms with Crippen LogP contribution in [0.5, 0.6) is 0 Å². The van der Waals surface area contributed by atoms with Crippen LogP contribution in [-0.2, 0) is 0 Å². The van der Waals surface area contributed by atoms with E-state index in [4.69, 9.17) is 0 Å². The van der Waals surface area contributed by atoms with E-state index in [-0.39, 0.29) is 0 Å². The zero-order valence-corrected chi connectivity index (χ0v) is 11.0. The average Bonchev–Trinajstić information content (AvgIpc) is 2.52. The summed E-state index contributed by atoms with van der Waals surface area (Å²) in [6.45, 7) is 6.93. The molecule has 1 rings (SSSR count). The Hall–Kier alpha value is -0.500. The zero-order chi connectivity index (χ0) is 11.8. The summed E-state index contributed by atoms with van der Waals surface area (Å²) in [4.78, 5) is 0. The number of hydrogen-bond acceptors (Lipinski definition) is 2. The van der Waals surface area contributed by atoms with Gasteiger partial charge in [-0.25, -0.2) is 0 Å². The van der Waals surface area contributed by atoms with Gasteiger partial charge in [0, 0.05) is 18.3 Å². The van der Waals surface area contributed by atoms with E-state index in [1.807, 2.05) is 6.92 Å². The molecule has 0 heterocycles. The van der Waals surface area contributed by atoms with Gasteiger partial charge in [-0.1, -0.05) is 45.1 Å². The van der Waals surface area contributed by atoms with Gasteiger partial charge < -0.3 is 10.6 Å². The first kappa shape index (κ1) is 13.6. The number of allylic oxidation sites excluding steroid dienone is 1. The third-order valence-electron chi connectivity index (χ3n) is 3.65. The summed E-state index contributed by atoms with van der Waals surface area (Å²) >= 11 is 0. The second-order valence-corrected chi connectivity index (χ2v) is 5.24. The lowest BCUT2D eigenvalue weighted by atomic mass is 9.92. The Morgan fingerprint density at radius 2 is 1.88 bits per heavy atom. The summed E-state index contributed by atoms with van der Waals surface area (Å²) in [6.07, 6.45) is 9.97. The molecule has 1 atom stereocenters. The third kappa shape index (κ3) is 5.55. The molecule has 0 spiro atoms. The van der Waals surface area contributed by atoms with E-state index >= 15 is 0 Å². The van der Waals surface area contributed by atoms with Gasteiger partial charge in [0.25, 0.3) is 0 Å². The van der Waals surface area contributed by atoms with Gasteiger partial charge in [-0.15, -0.1) is 0 Å². The molecule has 0 saturated heterocycles. The van der Waals surface area contributed by atoms with Crippen LogP contribution in [0.25, 0.3) is 0 Å². The largest absolute Gasteiger partial charge is 0.387 e. The van der Waals surface area contributed by atoms with Crippen LogP contribution in [0.3, 0.4) is 0 Å². The monoisotopic (exact) mass is 224 g/mol. The molecule has 0 amide bonds. The molecule has 1 unspecified atom stereocenters. The van der Waals surface area contributed by atoms with Crippen molar-refractivity contribution >= 4 is 0 Å².